The summed E-state index contributed by atoms with van der Waals surface area (Å²) in [5.41, 5.74) is 2.42. The monoisotopic (exact) mass is 353 g/mol. The molecule has 1 heterocycles. The quantitative estimate of drug-likeness (QED) is 0.858. The van der Waals surface area contributed by atoms with E-state index < -0.39 is 5.97 Å². The molecule has 1 fully saturated rings. The van der Waals surface area contributed by atoms with E-state index in [1.807, 2.05) is 12.1 Å². The first-order valence-electron chi connectivity index (χ1n) is 9.14. The van der Waals surface area contributed by atoms with Gasteiger partial charge in [-0.25, -0.2) is 4.79 Å². The molecule has 2 N–H and O–H groups in total. The lowest BCUT2D eigenvalue weighted by molar-refractivity contribution is 0.0696. The molecule has 1 saturated carbocycles. The van der Waals surface area contributed by atoms with Crippen LogP contribution in [0.1, 0.15) is 47.2 Å². The van der Waals surface area contributed by atoms with Gasteiger partial charge in [-0.05, 0) is 48.2 Å². The topological polar surface area (TPSA) is 67.8 Å². The molecule has 0 bridgehead atoms. The van der Waals surface area contributed by atoms with Crippen LogP contribution < -0.4 is 14.8 Å². The fourth-order valence-electron chi connectivity index (χ4n) is 3.97. The Morgan fingerprint density at radius 2 is 1.81 bits per heavy atom. The van der Waals surface area contributed by atoms with Crippen LogP contribution in [0, 0.1) is 0 Å². The molecule has 2 aromatic rings. The van der Waals surface area contributed by atoms with E-state index in [-0.39, 0.29) is 5.54 Å². The lowest BCUT2D eigenvalue weighted by atomic mass is 9.87. The largest absolute Gasteiger partial charge is 0.486 e. The van der Waals surface area contributed by atoms with Gasteiger partial charge in [0.25, 0.3) is 0 Å². The minimum Gasteiger partial charge on any atom is -0.486 e. The molecule has 2 aromatic carbocycles. The number of carboxylic acid groups (broad SMARTS) is 1. The van der Waals surface area contributed by atoms with Crippen molar-refractivity contribution in [3.05, 3.63) is 59.2 Å². The van der Waals surface area contributed by atoms with E-state index >= 15 is 0 Å². The summed E-state index contributed by atoms with van der Waals surface area (Å²) in [6.45, 7) is 1.81. The minimum absolute atomic E-state index is 0.102. The molecule has 0 radical (unpaired) electrons. The molecule has 0 atom stereocenters. The van der Waals surface area contributed by atoms with Gasteiger partial charge in [0.05, 0.1) is 5.56 Å². The van der Waals surface area contributed by atoms with Gasteiger partial charge in [0.2, 0.25) is 0 Å². The Kier molecular flexibility index (Phi) is 4.55. The standard InChI is InChI=1S/C21H23NO4/c23-20(24)16-5-3-4-15(12-16)14-22-21(8-1-2-9-21)17-6-7-18-19(13-17)26-11-10-25-18/h3-7,12-13,22H,1-2,8-11,14H2,(H,23,24). The molecule has 0 saturated heterocycles. The average Bonchev–Trinajstić information content (AvgIpc) is 3.16. The van der Waals surface area contributed by atoms with Crippen LogP contribution in [0.2, 0.25) is 0 Å². The van der Waals surface area contributed by atoms with Crippen molar-refractivity contribution in [2.24, 2.45) is 0 Å². The number of aromatic carboxylic acids is 1. The number of hydrogen-bond acceptors (Lipinski definition) is 4. The highest BCUT2D eigenvalue weighted by molar-refractivity contribution is 5.87. The second-order valence-corrected chi connectivity index (χ2v) is 7.01. The van der Waals surface area contributed by atoms with E-state index in [1.165, 1.54) is 18.4 Å². The summed E-state index contributed by atoms with van der Waals surface area (Å²) < 4.78 is 11.4. The van der Waals surface area contributed by atoms with Gasteiger partial charge in [-0.1, -0.05) is 31.0 Å². The molecule has 2 aliphatic rings. The lowest BCUT2D eigenvalue weighted by Crippen LogP contribution is -2.39. The maximum atomic E-state index is 11.2. The van der Waals surface area contributed by atoms with E-state index in [0.29, 0.717) is 25.3 Å². The number of ether oxygens (including phenoxy) is 2. The smallest absolute Gasteiger partial charge is 0.335 e. The molecular formula is C21H23NO4. The van der Waals surface area contributed by atoms with Crippen molar-refractivity contribution in [2.75, 3.05) is 13.2 Å². The average molecular weight is 353 g/mol. The Labute approximate surface area is 152 Å². The summed E-state index contributed by atoms with van der Waals surface area (Å²) in [6.07, 6.45) is 4.48. The highest BCUT2D eigenvalue weighted by Crippen LogP contribution is 2.42. The molecule has 1 aliphatic heterocycles. The Morgan fingerprint density at radius 3 is 2.58 bits per heavy atom. The summed E-state index contributed by atoms with van der Waals surface area (Å²) in [5.74, 6) is 0.728. The Bertz CT molecular complexity index is 811. The maximum Gasteiger partial charge on any atom is 0.335 e. The van der Waals surface area contributed by atoms with Gasteiger partial charge in [0.15, 0.2) is 11.5 Å². The number of nitrogens with one attached hydrogen (secondary N) is 1. The van der Waals surface area contributed by atoms with E-state index in [4.69, 9.17) is 9.47 Å². The predicted molar refractivity (Wildman–Crippen MR) is 97.8 cm³/mol. The summed E-state index contributed by atoms with van der Waals surface area (Å²) in [7, 11) is 0. The van der Waals surface area contributed by atoms with E-state index in [0.717, 1.165) is 29.9 Å². The van der Waals surface area contributed by atoms with Crippen LogP contribution in [0.25, 0.3) is 0 Å². The zero-order valence-electron chi connectivity index (χ0n) is 14.7. The second-order valence-electron chi connectivity index (χ2n) is 7.01. The Balaban J connectivity index is 1.57. The lowest BCUT2D eigenvalue weighted by Gasteiger charge is -2.32. The van der Waals surface area contributed by atoms with Gasteiger partial charge >= 0.3 is 5.97 Å². The van der Waals surface area contributed by atoms with Crippen LogP contribution in [0.15, 0.2) is 42.5 Å². The zero-order chi connectivity index (χ0) is 18.0. The van der Waals surface area contributed by atoms with Gasteiger partial charge in [0, 0.05) is 12.1 Å². The van der Waals surface area contributed by atoms with E-state index in [2.05, 4.69) is 17.4 Å². The fourth-order valence-corrected chi connectivity index (χ4v) is 3.97. The Morgan fingerprint density at radius 1 is 1.04 bits per heavy atom. The summed E-state index contributed by atoms with van der Waals surface area (Å²) in [6, 6.07) is 13.3. The molecule has 0 aromatic heterocycles. The third-order valence-corrected chi connectivity index (χ3v) is 5.36. The predicted octanol–water partition coefficient (Wildman–Crippen LogP) is 3.72. The van der Waals surface area contributed by atoms with Crippen molar-refractivity contribution >= 4 is 5.97 Å². The number of carboxylic acids is 1. The summed E-state index contributed by atoms with van der Waals surface area (Å²) >= 11 is 0. The molecule has 26 heavy (non-hydrogen) atoms. The molecule has 0 unspecified atom stereocenters. The zero-order valence-corrected chi connectivity index (χ0v) is 14.7. The van der Waals surface area contributed by atoms with E-state index in [1.54, 1.807) is 18.2 Å². The van der Waals surface area contributed by atoms with Crippen LogP contribution in [0.5, 0.6) is 11.5 Å². The molecule has 5 nitrogen and oxygen atoms in total. The van der Waals surface area contributed by atoms with Gasteiger partial charge in [-0.3, -0.25) is 0 Å². The maximum absolute atomic E-state index is 11.2. The van der Waals surface area contributed by atoms with Crippen molar-refractivity contribution < 1.29 is 19.4 Å². The molecule has 136 valence electrons. The van der Waals surface area contributed by atoms with Gasteiger partial charge in [-0.2, -0.15) is 0 Å². The van der Waals surface area contributed by atoms with Crippen molar-refractivity contribution in [1.82, 2.24) is 5.32 Å². The highest BCUT2D eigenvalue weighted by Gasteiger charge is 2.36. The molecule has 4 rings (SSSR count). The third-order valence-electron chi connectivity index (χ3n) is 5.36. The number of fused-ring (bicyclic) bond motifs is 1. The van der Waals surface area contributed by atoms with Gasteiger partial charge in [0.1, 0.15) is 13.2 Å². The minimum atomic E-state index is -0.894. The molecular weight excluding hydrogens is 330 g/mol. The number of rotatable bonds is 5. The number of hydrogen-bond donors (Lipinski definition) is 2. The summed E-state index contributed by atoms with van der Waals surface area (Å²) in [4.78, 5) is 11.2. The van der Waals surface area contributed by atoms with Crippen LogP contribution in [-0.4, -0.2) is 24.3 Å². The van der Waals surface area contributed by atoms with Crippen LogP contribution in [0.4, 0.5) is 0 Å². The summed E-state index contributed by atoms with van der Waals surface area (Å²) in [5, 5.41) is 12.9. The Hall–Kier alpha value is -2.53. The van der Waals surface area contributed by atoms with Crippen molar-refractivity contribution in [2.45, 2.75) is 37.8 Å². The molecule has 0 amide bonds. The number of carbonyl (C=O) groups is 1. The molecule has 0 spiro atoms. The van der Waals surface area contributed by atoms with Crippen molar-refractivity contribution in [1.29, 1.82) is 0 Å². The van der Waals surface area contributed by atoms with Crippen LogP contribution in [0.3, 0.4) is 0 Å². The van der Waals surface area contributed by atoms with Crippen molar-refractivity contribution in [3.63, 3.8) is 0 Å². The number of benzene rings is 2. The first-order valence-corrected chi connectivity index (χ1v) is 9.14. The SMILES string of the molecule is O=C(O)c1cccc(CNC2(c3ccc4c(c3)OCCO4)CCCC2)c1. The van der Waals surface area contributed by atoms with Crippen LogP contribution in [-0.2, 0) is 12.1 Å². The van der Waals surface area contributed by atoms with Crippen molar-refractivity contribution in [3.8, 4) is 11.5 Å². The van der Waals surface area contributed by atoms with E-state index in [9.17, 15) is 9.90 Å². The van der Waals surface area contributed by atoms with Gasteiger partial charge < -0.3 is 19.9 Å². The first kappa shape index (κ1) is 16.9. The van der Waals surface area contributed by atoms with Crippen LogP contribution >= 0.6 is 0 Å². The highest BCUT2D eigenvalue weighted by atomic mass is 16.6. The fraction of sp³-hybridized carbons (Fsp3) is 0.381. The van der Waals surface area contributed by atoms with Gasteiger partial charge in [-0.15, -0.1) is 0 Å². The first-order chi connectivity index (χ1) is 12.7. The molecule has 1 aliphatic carbocycles. The second kappa shape index (κ2) is 7.00. The third kappa shape index (κ3) is 3.27. The molecule has 5 heteroatoms. The normalized spacial score (nSPS) is 17.8.